The fourth-order valence-corrected chi connectivity index (χ4v) is 1.87. The summed E-state index contributed by atoms with van der Waals surface area (Å²) in [4.78, 5) is 4.09. The molecular formula is C11H11BrF3N3. The smallest absolute Gasteiger partial charge is 0.370 e. The Balaban J connectivity index is 2.19. The number of nitrogens with two attached hydrogens (primary N) is 1. The van der Waals surface area contributed by atoms with Crippen LogP contribution in [0.2, 0.25) is 0 Å². The van der Waals surface area contributed by atoms with E-state index < -0.39 is 11.7 Å². The summed E-state index contributed by atoms with van der Waals surface area (Å²) in [6.45, 7) is 0. The predicted octanol–water partition coefficient (Wildman–Crippen LogP) is 3.36. The normalized spacial score (nSPS) is 16.8. The number of hydrogen-bond acceptors (Lipinski definition) is 1. The van der Waals surface area contributed by atoms with Crippen LogP contribution in [0, 0.1) is 0 Å². The molecule has 3 N–H and O–H groups in total. The van der Waals surface area contributed by atoms with Crippen LogP contribution in [0.5, 0.6) is 0 Å². The van der Waals surface area contributed by atoms with Crippen molar-refractivity contribution in [1.82, 2.24) is 0 Å². The van der Waals surface area contributed by atoms with Crippen LogP contribution in [0.15, 0.2) is 27.7 Å². The van der Waals surface area contributed by atoms with Crippen molar-refractivity contribution < 1.29 is 13.2 Å². The predicted molar refractivity (Wildman–Crippen MR) is 67.4 cm³/mol. The Morgan fingerprint density at radius 1 is 1.39 bits per heavy atom. The Labute approximate surface area is 110 Å². The monoisotopic (exact) mass is 321 g/mol. The molecular weight excluding hydrogens is 311 g/mol. The topological polar surface area (TPSA) is 50.4 Å². The molecule has 0 spiro atoms. The molecule has 0 amide bonds. The largest absolute Gasteiger partial charge is 0.417 e. The van der Waals surface area contributed by atoms with E-state index in [0.717, 1.165) is 18.9 Å². The number of aliphatic imine (C=N–C) groups is 1. The van der Waals surface area contributed by atoms with Gasteiger partial charge in [-0.2, -0.15) is 13.2 Å². The van der Waals surface area contributed by atoms with E-state index >= 15 is 0 Å². The molecule has 98 valence electrons. The minimum absolute atomic E-state index is 0.00162. The molecule has 0 saturated heterocycles. The summed E-state index contributed by atoms with van der Waals surface area (Å²) >= 11 is 2.87. The van der Waals surface area contributed by atoms with Crippen molar-refractivity contribution >= 4 is 27.6 Å². The highest BCUT2D eigenvalue weighted by Crippen LogP contribution is 2.36. The first-order valence-electron chi connectivity index (χ1n) is 5.33. The number of alkyl halides is 3. The van der Waals surface area contributed by atoms with Crippen LogP contribution < -0.4 is 11.1 Å². The molecule has 1 aromatic rings. The highest BCUT2D eigenvalue weighted by atomic mass is 79.9. The Bertz CT molecular complexity index is 481. The van der Waals surface area contributed by atoms with Crippen molar-refractivity contribution in [3.05, 3.63) is 28.2 Å². The van der Waals surface area contributed by atoms with Crippen LogP contribution in [0.25, 0.3) is 0 Å². The quantitative estimate of drug-likeness (QED) is 0.648. The fourth-order valence-electron chi connectivity index (χ4n) is 1.40. The molecule has 0 aromatic heterocycles. The molecule has 1 fully saturated rings. The van der Waals surface area contributed by atoms with Crippen LogP contribution in [-0.4, -0.2) is 12.0 Å². The van der Waals surface area contributed by atoms with Crippen molar-refractivity contribution in [2.75, 3.05) is 5.32 Å². The van der Waals surface area contributed by atoms with E-state index in [-0.39, 0.29) is 22.2 Å². The van der Waals surface area contributed by atoms with E-state index in [9.17, 15) is 13.2 Å². The van der Waals surface area contributed by atoms with Crippen molar-refractivity contribution in [1.29, 1.82) is 0 Å². The summed E-state index contributed by atoms with van der Waals surface area (Å²) in [5.41, 5.74) is 5.12. The third-order valence-corrected chi connectivity index (χ3v) is 3.10. The number of nitrogens with zero attached hydrogens (tertiary/aromatic N) is 1. The highest BCUT2D eigenvalue weighted by Gasteiger charge is 2.33. The maximum atomic E-state index is 12.7. The van der Waals surface area contributed by atoms with E-state index in [4.69, 9.17) is 5.73 Å². The molecule has 0 unspecified atom stereocenters. The second-order valence-electron chi connectivity index (χ2n) is 4.06. The summed E-state index contributed by atoms with van der Waals surface area (Å²) in [7, 11) is 0. The molecule has 0 heterocycles. The summed E-state index contributed by atoms with van der Waals surface area (Å²) in [6.07, 6.45) is -2.44. The summed E-state index contributed by atoms with van der Waals surface area (Å²) in [5.74, 6) is 0.146. The number of hydrogen-bond donors (Lipinski definition) is 2. The molecule has 2 rings (SSSR count). The van der Waals surface area contributed by atoms with Crippen molar-refractivity contribution in [3.63, 3.8) is 0 Å². The molecule has 1 aliphatic rings. The fraction of sp³-hybridized carbons (Fsp3) is 0.364. The van der Waals surface area contributed by atoms with Gasteiger partial charge in [-0.25, -0.2) is 4.99 Å². The average molecular weight is 322 g/mol. The van der Waals surface area contributed by atoms with Crippen LogP contribution >= 0.6 is 15.9 Å². The van der Waals surface area contributed by atoms with Crippen LogP contribution in [0.3, 0.4) is 0 Å². The Morgan fingerprint density at radius 3 is 2.61 bits per heavy atom. The lowest BCUT2D eigenvalue weighted by atomic mass is 10.2. The number of rotatable bonds is 2. The number of nitrogens with one attached hydrogen (secondary N) is 1. The molecule has 3 nitrogen and oxygen atoms in total. The molecule has 0 aliphatic heterocycles. The molecule has 1 aromatic carbocycles. The Hall–Kier alpha value is -1.24. The lowest BCUT2D eigenvalue weighted by Crippen LogP contribution is -2.23. The standard InChI is InChI=1S/C11H11BrF3N3/c12-9-4-3-7(5-8(9)11(13,14)15)18-10(16)17-6-1-2-6/h3-6H,1-2H2,(H3,16,17,18). The lowest BCUT2D eigenvalue weighted by molar-refractivity contribution is -0.138. The molecule has 1 aliphatic carbocycles. The minimum Gasteiger partial charge on any atom is -0.370 e. The number of anilines is 1. The van der Waals surface area contributed by atoms with E-state index in [1.165, 1.54) is 12.1 Å². The molecule has 0 bridgehead atoms. The average Bonchev–Trinajstić information content (AvgIpc) is 3.03. The zero-order chi connectivity index (χ0) is 13.3. The maximum Gasteiger partial charge on any atom is 0.417 e. The zero-order valence-electron chi connectivity index (χ0n) is 9.26. The van der Waals surface area contributed by atoms with Gasteiger partial charge in [0.05, 0.1) is 11.6 Å². The van der Waals surface area contributed by atoms with Gasteiger partial charge in [0.1, 0.15) is 0 Å². The summed E-state index contributed by atoms with van der Waals surface area (Å²) in [5, 5.41) is 2.66. The van der Waals surface area contributed by atoms with Crippen LogP contribution in [0.1, 0.15) is 18.4 Å². The summed E-state index contributed by atoms with van der Waals surface area (Å²) < 4.78 is 38.0. The van der Waals surface area contributed by atoms with Gasteiger partial charge in [0.2, 0.25) is 0 Å². The third kappa shape index (κ3) is 3.38. The number of benzene rings is 1. The van der Waals surface area contributed by atoms with E-state index in [0.29, 0.717) is 0 Å². The first kappa shape index (κ1) is 13.2. The second kappa shape index (κ2) is 4.79. The number of halogens is 4. The first-order valence-corrected chi connectivity index (χ1v) is 6.12. The van der Waals surface area contributed by atoms with Crippen molar-refractivity contribution in [3.8, 4) is 0 Å². The second-order valence-corrected chi connectivity index (χ2v) is 4.92. The van der Waals surface area contributed by atoms with Gasteiger partial charge in [0, 0.05) is 10.2 Å². The Morgan fingerprint density at radius 2 is 2.06 bits per heavy atom. The van der Waals surface area contributed by atoms with Crippen molar-refractivity contribution in [2.24, 2.45) is 10.7 Å². The minimum atomic E-state index is -4.40. The van der Waals surface area contributed by atoms with Gasteiger partial charge in [-0.1, -0.05) is 15.9 Å². The molecule has 0 atom stereocenters. The zero-order valence-corrected chi connectivity index (χ0v) is 10.8. The van der Waals surface area contributed by atoms with E-state index in [1.54, 1.807) is 0 Å². The molecule has 0 radical (unpaired) electrons. The van der Waals surface area contributed by atoms with Gasteiger partial charge in [-0.05, 0) is 31.0 Å². The van der Waals surface area contributed by atoms with Gasteiger partial charge in [-0.15, -0.1) is 0 Å². The van der Waals surface area contributed by atoms with Gasteiger partial charge >= 0.3 is 6.18 Å². The lowest BCUT2D eigenvalue weighted by Gasteiger charge is -2.12. The Kier molecular flexibility index (Phi) is 3.52. The summed E-state index contributed by atoms with van der Waals surface area (Å²) in [6, 6.07) is 4.05. The van der Waals surface area contributed by atoms with Gasteiger partial charge in [-0.3, -0.25) is 0 Å². The molecule has 18 heavy (non-hydrogen) atoms. The van der Waals surface area contributed by atoms with Crippen LogP contribution in [-0.2, 0) is 6.18 Å². The maximum absolute atomic E-state index is 12.7. The SMILES string of the molecule is NC(=NC1CC1)Nc1ccc(Br)c(C(F)(F)F)c1. The third-order valence-electron chi connectivity index (χ3n) is 2.41. The molecule has 7 heteroatoms. The van der Waals surface area contributed by atoms with Gasteiger partial charge < -0.3 is 11.1 Å². The van der Waals surface area contributed by atoms with Crippen molar-refractivity contribution in [2.45, 2.75) is 25.1 Å². The molecule has 1 saturated carbocycles. The first-order chi connectivity index (χ1) is 8.36. The van der Waals surface area contributed by atoms with E-state index in [1.807, 2.05) is 0 Å². The highest BCUT2D eigenvalue weighted by molar-refractivity contribution is 9.10. The van der Waals surface area contributed by atoms with Crippen LogP contribution in [0.4, 0.5) is 18.9 Å². The number of guanidine groups is 1. The van der Waals surface area contributed by atoms with Gasteiger partial charge in [0.15, 0.2) is 5.96 Å². The van der Waals surface area contributed by atoms with E-state index in [2.05, 4.69) is 26.2 Å². The van der Waals surface area contributed by atoms with Gasteiger partial charge in [0.25, 0.3) is 0 Å².